The first kappa shape index (κ1) is 26.6. The molecular weight excluding hydrogens is 528 g/mol. The molecule has 1 aromatic heterocycles. The third-order valence-electron chi connectivity index (χ3n) is 3.58. The van der Waals surface area contributed by atoms with Crippen molar-refractivity contribution in [1.29, 1.82) is 0 Å². The van der Waals surface area contributed by atoms with Gasteiger partial charge in [-0.3, -0.25) is 9.09 Å². The van der Waals surface area contributed by atoms with Crippen molar-refractivity contribution in [3.63, 3.8) is 0 Å². The maximum atomic E-state index is 14.8. The molecule has 1 saturated heterocycles. The van der Waals surface area contributed by atoms with Crippen LogP contribution in [-0.2, 0) is 31.6 Å². The van der Waals surface area contributed by atoms with Crippen molar-refractivity contribution in [2.45, 2.75) is 24.1 Å². The van der Waals surface area contributed by atoms with Crippen LogP contribution in [0.25, 0.3) is 0 Å². The molecule has 1 aliphatic heterocycles. The fraction of sp³-hybridized carbons (Fsp3) is 0.455. The summed E-state index contributed by atoms with van der Waals surface area (Å²) in [4.78, 5) is 38.1. The Morgan fingerprint density at radius 3 is 2.39 bits per heavy atom. The highest BCUT2D eigenvalue weighted by molar-refractivity contribution is 7.72. The predicted molar refractivity (Wildman–Crippen MR) is 103 cm³/mol. The highest BCUT2D eigenvalue weighted by atomic mass is 32.1. The maximum absolute atomic E-state index is 14.8. The van der Waals surface area contributed by atoms with Crippen LogP contribution in [0.4, 0.5) is 4.39 Å². The summed E-state index contributed by atoms with van der Waals surface area (Å²) >= 11 is 9.89. The lowest BCUT2D eigenvalue weighted by Crippen LogP contribution is -2.43. The van der Waals surface area contributed by atoms with E-state index >= 15 is 0 Å². The van der Waals surface area contributed by atoms with Gasteiger partial charge in [-0.1, -0.05) is 18.1 Å². The van der Waals surface area contributed by atoms with Gasteiger partial charge < -0.3 is 34.4 Å². The van der Waals surface area contributed by atoms with E-state index in [0.29, 0.717) is 0 Å². The minimum absolute atomic E-state index is 0.105. The smallest absolute Gasteiger partial charge is 0.371 e. The lowest BCUT2D eigenvalue weighted by molar-refractivity contribution is -0.0734. The van der Waals surface area contributed by atoms with Gasteiger partial charge in [0, 0.05) is 6.20 Å². The van der Waals surface area contributed by atoms with Gasteiger partial charge in [-0.25, -0.2) is 18.1 Å². The lowest BCUT2D eigenvalue weighted by Gasteiger charge is -2.26. The second-order valence-corrected chi connectivity index (χ2v) is 11.0. The van der Waals surface area contributed by atoms with Gasteiger partial charge >= 0.3 is 23.5 Å². The van der Waals surface area contributed by atoms with Gasteiger partial charge in [0.15, 0.2) is 17.2 Å². The molecule has 1 aromatic rings. The standard InChI is InChI=1S/C11H14FN2O12P3S2/c1-2-11(15)8(12)6(24-9(11)14-4-3-7(30)13-10(14)31)5-23-28(19,20)26-29(21,22)25-27(16,17)18/h1,3-4,6,8-9,15H,5H2,(H,19,20)(H,21,22)(H,13,30,31)(H2,16,17,18)/t6-,8?,9-,11-/m1/s1. The maximum Gasteiger partial charge on any atom is 0.490 e. The number of alkyl halides is 1. The first-order chi connectivity index (χ1) is 14.0. The molecule has 3 unspecified atom stereocenters. The molecule has 2 heterocycles. The molecule has 6 N–H and O–H groups in total. The summed E-state index contributed by atoms with van der Waals surface area (Å²) in [6, 6.07) is 1.33. The predicted octanol–water partition coefficient (Wildman–Crippen LogP) is 1.22. The first-order valence-electron chi connectivity index (χ1n) is 7.59. The van der Waals surface area contributed by atoms with Crippen molar-refractivity contribution >= 4 is 47.9 Å². The lowest BCUT2D eigenvalue weighted by atomic mass is 9.96. The van der Waals surface area contributed by atoms with Gasteiger partial charge in [0.1, 0.15) is 10.7 Å². The van der Waals surface area contributed by atoms with E-state index in [1.54, 1.807) is 0 Å². The number of hydrogen-bond donors (Lipinski definition) is 6. The monoisotopic (exact) mass is 542 g/mol. The number of phosphoric acid groups is 3. The molecule has 0 bridgehead atoms. The van der Waals surface area contributed by atoms with Crippen LogP contribution in [0.3, 0.4) is 0 Å². The summed E-state index contributed by atoms with van der Waals surface area (Å²) < 4.78 is 66.3. The second kappa shape index (κ2) is 9.30. The van der Waals surface area contributed by atoms with E-state index in [2.05, 4.69) is 18.1 Å². The van der Waals surface area contributed by atoms with Gasteiger partial charge in [-0.15, -0.1) is 6.42 Å². The number of nitrogens with zero attached hydrogens (tertiary/aromatic N) is 1. The van der Waals surface area contributed by atoms with Crippen LogP contribution in [-0.4, -0.2) is 58.7 Å². The topological polar surface area (TPSA) is 210 Å². The number of rotatable bonds is 8. The SMILES string of the molecule is C#C[C@@]1(O)C(F)[C@@H](COP(=O)(O)OP(=O)(O)OP(=O)(O)O)O[C@H]1n1ccc(=S)[nH]c1=S. The molecule has 1 fully saturated rings. The Kier molecular flexibility index (Phi) is 7.98. The van der Waals surface area contributed by atoms with E-state index in [-0.39, 0.29) is 9.41 Å². The van der Waals surface area contributed by atoms with Crippen LogP contribution in [0, 0.1) is 21.8 Å². The third kappa shape index (κ3) is 6.67. The highest BCUT2D eigenvalue weighted by Crippen LogP contribution is 2.66. The van der Waals surface area contributed by atoms with E-state index in [9.17, 15) is 28.1 Å². The zero-order valence-electron chi connectivity index (χ0n) is 14.7. The molecule has 0 saturated carbocycles. The summed E-state index contributed by atoms with van der Waals surface area (Å²) in [6.07, 6.45) is 0.593. The number of phosphoric ester groups is 1. The zero-order chi connectivity index (χ0) is 23.8. The van der Waals surface area contributed by atoms with Crippen LogP contribution >= 0.6 is 47.9 Å². The minimum Gasteiger partial charge on any atom is -0.371 e. The van der Waals surface area contributed by atoms with Crippen LogP contribution < -0.4 is 0 Å². The summed E-state index contributed by atoms with van der Waals surface area (Å²) in [5.41, 5.74) is -2.63. The second-order valence-electron chi connectivity index (χ2n) is 5.80. The number of aromatic nitrogens is 2. The molecule has 1 aliphatic rings. The van der Waals surface area contributed by atoms with Crippen molar-refractivity contribution in [3.8, 4) is 12.3 Å². The van der Waals surface area contributed by atoms with Gasteiger partial charge in [0.25, 0.3) is 0 Å². The van der Waals surface area contributed by atoms with E-state index in [1.165, 1.54) is 12.3 Å². The summed E-state index contributed by atoms with van der Waals surface area (Å²) in [5.74, 6) is 1.81. The van der Waals surface area contributed by atoms with Gasteiger partial charge in [-0.2, -0.15) is 8.62 Å². The normalized spacial score (nSPS) is 30.3. The number of nitrogens with one attached hydrogen (secondary N) is 1. The molecule has 14 nitrogen and oxygen atoms in total. The summed E-state index contributed by atoms with van der Waals surface area (Å²) in [6.45, 7) is -1.17. The van der Waals surface area contributed by atoms with E-state index in [4.69, 9.17) is 50.3 Å². The fourth-order valence-electron chi connectivity index (χ4n) is 2.39. The number of halogens is 1. The van der Waals surface area contributed by atoms with Crippen LogP contribution in [0.2, 0.25) is 0 Å². The molecule has 6 atom stereocenters. The average Bonchev–Trinajstić information content (AvgIpc) is 2.82. The van der Waals surface area contributed by atoms with Crippen molar-refractivity contribution in [1.82, 2.24) is 9.55 Å². The Labute approximate surface area is 183 Å². The molecule has 20 heteroatoms. The molecule has 0 aromatic carbocycles. The molecule has 0 spiro atoms. The van der Waals surface area contributed by atoms with Crippen molar-refractivity contribution in [2.75, 3.05) is 6.61 Å². The molecule has 0 radical (unpaired) electrons. The Morgan fingerprint density at radius 1 is 1.26 bits per heavy atom. The van der Waals surface area contributed by atoms with E-state index in [1.807, 2.05) is 5.92 Å². The molecule has 0 aliphatic carbocycles. The number of hydrogen-bond acceptors (Lipinski definition) is 10. The van der Waals surface area contributed by atoms with E-state index < -0.39 is 54.2 Å². The fourth-order valence-corrected chi connectivity index (χ4v) is 5.91. The largest absolute Gasteiger partial charge is 0.490 e. The molecule has 31 heavy (non-hydrogen) atoms. The summed E-state index contributed by atoms with van der Waals surface area (Å²) in [7, 11) is -16.9. The minimum atomic E-state index is -5.76. The Morgan fingerprint density at radius 2 is 1.87 bits per heavy atom. The van der Waals surface area contributed by atoms with Crippen LogP contribution in [0.1, 0.15) is 6.23 Å². The average molecular weight is 542 g/mol. The molecule has 0 amide bonds. The van der Waals surface area contributed by atoms with Crippen molar-refractivity contribution in [3.05, 3.63) is 21.7 Å². The Hall–Kier alpha value is -0.660. The molecular formula is C11H14FN2O12P3S2. The number of H-pyrrole nitrogens is 1. The third-order valence-corrected chi connectivity index (χ3v) is 7.93. The number of ether oxygens (including phenoxy) is 1. The zero-order valence-corrected chi connectivity index (χ0v) is 19.1. The van der Waals surface area contributed by atoms with Gasteiger partial charge in [0.2, 0.25) is 5.60 Å². The molecule has 174 valence electrons. The van der Waals surface area contributed by atoms with Crippen molar-refractivity contribution < 1.29 is 60.6 Å². The highest BCUT2D eigenvalue weighted by Gasteiger charge is 2.57. The molecule has 2 rings (SSSR count). The van der Waals surface area contributed by atoms with Crippen molar-refractivity contribution in [2.24, 2.45) is 0 Å². The van der Waals surface area contributed by atoms with Crippen LogP contribution in [0.5, 0.6) is 0 Å². The van der Waals surface area contributed by atoms with Gasteiger partial charge in [0.05, 0.1) is 6.61 Å². The van der Waals surface area contributed by atoms with E-state index in [0.717, 1.165) is 4.57 Å². The Balaban J connectivity index is 2.19. The van der Waals surface area contributed by atoms with Crippen LogP contribution in [0.15, 0.2) is 12.3 Å². The quantitative estimate of drug-likeness (QED) is 0.155. The number of aliphatic hydroxyl groups is 1. The Bertz CT molecular complexity index is 1150. The summed E-state index contributed by atoms with van der Waals surface area (Å²) in [5, 5.41) is 10.5. The first-order valence-corrected chi connectivity index (χ1v) is 12.9. The van der Waals surface area contributed by atoms with Gasteiger partial charge in [-0.05, 0) is 18.3 Å². The number of aromatic amines is 1. The number of terminal acetylenes is 1.